The zero-order valence-electron chi connectivity index (χ0n) is 19.3. The summed E-state index contributed by atoms with van der Waals surface area (Å²) in [5.74, 6) is -0.980. The molecule has 2 aromatic carbocycles. The van der Waals surface area contributed by atoms with Crippen molar-refractivity contribution in [2.24, 2.45) is 0 Å². The van der Waals surface area contributed by atoms with Crippen LogP contribution in [-0.4, -0.2) is 55.2 Å². The van der Waals surface area contributed by atoms with Crippen LogP contribution in [-0.2, 0) is 0 Å². The molecule has 6 rings (SSSR count). The highest BCUT2D eigenvalue weighted by Crippen LogP contribution is 2.30. The molecule has 1 saturated heterocycles. The maximum absolute atomic E-state index is 14.1. The predicted octanol–water partition coefficient (Wildman–Crippen LogP) is 3.78. The Morgan fingerprint density at radius 3 is 2.75 bits per heavy atom. The van der Waals surface area contributed by atoms with E-state index in [1.54, 1.807) is 35.6 Å². The third-order valence-corrected chi connectivity index (χ3v) is 6.81. The van der Waals surface area contributed by atoms with E-state index >= 15 is 0 Å². The Bertz CT molecular complexity index is 1580. The summed E-state index contributed by atoms with van der Waals surface area (Å²) in [6.07, 6.45) is 5.86. The minimum Gasteiger partial charge on any atom is -0.344 e. The van der Waals surface area contributed by atoms with Crippen molar-refractivity contribution >= 4 is 28.4 Å². The van der Waals surface area contributed by atoms with E-state index in [0.29, 0.717) is 30.6 Å². The average molecular weight is 483 g/mol. The monoisotopic (exact) mass is 482 g/mol. The molecular formula is C27H23FN6O2. The second kappa shape index (κ2) is 8.92. The number of benzene rings is 2. The first-order chi connectivity index (χ1) is 17.6. The minimum absolute atomic E-state index is 0.00562. The van der Waals surface area contributed by atoms with Gasteiger partial charge in [-0.05, 0) is 36.2 Å². The first-order valence-electron chi connectivity index (χ1n) is 11.8. The topological polar surface area (TPSA) is 95.4 Å². The number of fused-ring (bicyclic) bond motifs is 2. The zero-order chi connectivity index (χ0) is 24.6. The number of carbonyl (C=O) groups excluding carboxylic acids is 2. The number of hydrogen-bond donors (Lipinski definition) is 2. The fourth-order valence-electron chi connectivity index (χ4n) is 5.02. The predicted molar refractivity (Wildman–Crippen MR) is 132 cm³/mol. The smallest absolute Gasteiger partial charge is 0.287 e. The molecule has 0 bridgehead atoms. The highest BCUT2D eigenvalue weighted by atomic mass is 19.1. The number of H-pyrrole nitrogens is 1. The number of para-hydroxylation sites is 1. The first-order valence-corrected chi connectivity index (χ1v) is 11.8. The van der Waals surface area contributed by atoms with Crippen LogP contribution in [0.2, 0.25) is 0 Å². The molecule has 0 aliphatic carbocycles. The molecule has 2 N–H and O–H groups in total. The van der Waals surface area contributed by atoms with E-state index in [4.69, 9.17) is 0 Å². The fraction of sp³-hybridized carbons (Fsp3) is 0.185. The lowest BCUT2D eigenvalue weighted by atomic mass is 9.85. The van der Waals surface area contributed by atoms with E-state index in [0.717, 1.165) is 11.1 Å². The number of hydrogen-bond acceptors (Lipinski definition) is 4. The summed E-state index contributed by atoms with van der Waals surface area (Å²) >= 11 is 0. The van der Waals surface area contributed by atoms with Crippen LogP contribution in [0.1, 0.15) is 38.9 Å². The normalized spacial score (nSPS) is 18.0. The van der Waals surface area contributed by atoms with Gasteiger partial charge in [0.2, 0.25) is 0 Å². The molecule has 5 aromatic rings. The van der Waals surface area contributed by atoms with E-state index in [2.05, 4.69) is 20.3 Å². The van der Waals surface area contributed by atoms with Gasteiger partial charge in [-0.2, -0.15) is 0 Å². The van der Waals surface area contributed by atoms with Crippen molar-refractivity contribution < 1.29 is 14.0 Å². The van der Waals surface area contributed by atoms with E-state index < -0.39 is 11.7 Å². The van der Waals surface area contributed by atoms with Crippen LogP contribution in [0, 0.1) is 5.82 Å². The van der Waals surface area contributed by atoms with Crippen molar-refractivity contribution in [3.05, 3.63) is 102 Å². The van der Waals surface area contributed by atoms with E-state index in [1.807, 2.05) is 47.0 Å². The summed E-state index contributed by atoms with van der Waals surface area (Å²) in [5, 5.41) is 3.07. The Labute approximate surface area is 205 Å². The molecule has 0 spiro atoms. The van der Waals surface area contributed by atoms with Crippen molar-refractivity contribution in [1.29, 1.82) is 0 Å². The van der Waals surface area contributed by atoms with Crippen LogP contribution in [0.25, 0.3) is 16.6 Å². The maximum Gasteiger partial charge on any atom is 0.287 e. The molecule has 1 aliphatic heterocycles. The van der Waals surface area contributed by atoms with Crippen molar-refractivity contribution in [3.8, 4) is 0 Å². The number of likely N-dealkylation sites (tertiary alicyclic amines) is 1. The summed E-state index contributed by atoms with van der Waals surface area (Å²) in [6.45, 7) is 0.879. The molecule has 180 valence electrons. The average Bonchev–Trinajstić information content (AvgIpc) is 3.57. The number of aromatic amines is 1. The number of carbonyl (C=O) groups is 2. The van der Waals surface area contributed by atoms with Gasteiger partial charge in [0.15, 0.2) is 5.82 Å². The molecule has 36 heavy (non-hydrogen) atoms. The summed E-state index contributed by atoms with van der Waals surface area (Å²) in [5.41, 5.74) is 2.96. The van der Waals surface area contributed by atoms with Gasteiger partial charge < -0.3 is 19.6 Å². The van der Waals surface area contributed by atoms with Gasteiger partial charge in [-0.1, -0.05) is 36.4 Å². The van der Waals surface area contributed by atoms with Crippen LogP contribution in [0.15, 0.2) is 79.4 Å². The van der Waals surface area contributed by atoms with Gasteiger partial charge in [0.25, 0.3) is 11.8 Å². The summed E-state index contributed by atoms with van der Waals surface area (Å²) < 4.78 is 16.0. The summed E-state index contributed by atoms with van der Waals surface area (Å²) in [6, 6.07) is 17.7. The largest absolute Gasteiger partial charge is 0.344 e. The third kappa shape index (κ3) is 3.88. The van der Waals surface area contributed by atoms with Gasteiger partial charge in [-0.25, -0.2) is 14.4 Å². The number of nitrogens with zero attached hydrogens (tertiary/aromatic N) is 4. The van der Waals surface area contributed by atoms with Gasteiger partial charge in [0, 0.05) is 25.2 Å². The molecule has 0 unspecified atom stereocenters. The second-order valence-corrected chi connectivity index (χ2v) is 8.96. The summed E-state index contributed by atoms with van der Waals surface area (Å²) in [4.78, 5) is 39.7. The van der Waals surface area contributed by atoms with E-state index in [9.17, 15) is 14.0 Å². The molecule has 0 saturated carbocycles. The zero-order valence-corrected chi connectivity index (χ0v) is 19.3. The van der Waals surface area contributed by atoms with Crippen LogP contribution in [0.5, 0.6) is 0 Å². The quantitative estimate of drug-likeness (QED) is 0.408. The minimum atomic E-state index is -0.468. The van der Waals surface area contributed by atoms with Crippen molar-refractivity contribution in [1.82, 2.24) is 29.6 Å². The van der Waals surface area contributed by atoms with Gasteiger partial charge in [-0.3, -0.25) is 9.59 Å². The highest BCUT2D eigenvalue weighted by Gasteiger charge is 2.35. The number of piperidine rings is 1. The molecule has 0 radical (unpaired) electrons. The lowest BCUT2D eigenvalue weighted by molar-refractivity contribution is 0.0655. The SMILES string of the molecule is O=C(N[C@@H]1CN(C(=O)c2cccn3cncc23)CC[C@H]1c1ccccc1)c1nc2cccc(F)c2[nH]1. The van der Waals surface area contributed by atoms with Gasteiger partial charge >= 0.3 is 0 Å². The number of pyridine rings is 1. The molecule has 2 amide bonds. The van der Waals surface area contributed by atoms with E-state index in [1.165, 1.54) is 6.07 Å². The second-order valence-electron chi connectivity index (χ2n) is 8.96. The van der Waals surface area contributed by atoms with Crippen molar-refractivity contribution in [3.63, 3.8) is 0 Å². The molecule has 3 aromatic heterocycles. The highest BCUT2D eigenvalue weighted by molar-refractivity contribution is 6.01. The number of halogens is 1. The Balaban J connectivity index is 1.29. The number of amides is 2. The molecule has 9 heteroatoms. The Kier molecular flexibility index (Phi) is 5.44. The lowest BCUT2D eigenvalue weighted by Crippen LogP contribution is -2.53. The first kappa shape index (κ1) is 22.0. The van der Waals surface area contributed by atoms with Crippen LogP contribution < -0.4 is 5.32 Å². The molecular weight excluding hydrogens is 459 g/mol. The van der Waals surface area contributed by atoms with Crippen LogP contribution >= 0.6 is 0 Å². The number of imidazole rings is 2. The molecule has 2 atom stereocenters. The Morgan fingerprint density at radius 2 is 1.92 bits per heavy atom. The summed E-state index contributed by atoms with van der Waals surface area (Å²) in [7, 11) is 0. The standard InChI is InChI=1S/C27H23FN6O2/c28-20-9-4-10-21-24(20)32-25(30-21)26(35)31-22-15-33(13-11-18(22)17-6-2-1-3-7-17)27(36)19-8-5-12-34-16-29-14-23(19)34/h1-10,12,14,16,18,22H,11,13,15H2,(H,30,32)(H,31,35)/t18-,22+/m0/s1. The van der Waals surface area contributed by atoms with Crippen LogP contribution in [0.3, 0.4) is 0 Å². The molecule has 4 heterocycles. The molecule has 8 nitrogen and oxygen atoms in total. The van der Waals surface area contributed by atoms with Gasteiger partial charge in [-0.15, -0.1) is 0 Å². The fourth-order valence-corrected chi connectivity index (χ4v) is 5.02. The van der Waals surface area contributed by atoms with Gasteiger partial charge in [0.05, 0.1) is 35.2 Å². The molecule has 1 aliphatic rings. The molecule has 1 fully saturated rings. The third-order valence-electron chi connectivity index (χ3n) is 6.81. The maximum atomic E-state index is 14.1. The number of nitrogens with one attached hydrogen (secondary N) is 2. The van der Waals surface area contributed by atoms with Crippen molar-refractivity contribution in [2.45, 2.75) is 18.4 Å². The lowest BCUT2D eigenvalue weighted by Gasteiger charge is -2.39. The number of aromatic nitrogens is 4. The number of rotatable bonds is 4. The van der Waals surface area contributed by atoms with E-state index in [-0.39, 0.29) is 29.2 Å². The van der Waals surface area contributed by atoms with Gasteiger partial charge in [0.1, 0.15) is 11.3 Å². The Hall–Kier alpha value is -4.53. The Morgan fingerprint density at radius 1 is 1.06 bits per heavy atom. The van der Waals surface area contributed by atoms with Crippen molar-refractivity contribution in [2.75, 3.05) is 13.1 Å². The van der Waals surface area contributed by atoms with Crippen LogP contribution in [0.4, 0.5) is 4.39 Å².